The molecule has 0 aliphatic heterocycles. The van der Waals surface area contributed by atoms with Crippen LogP contribution >= 0.6 is 23.5 Å². The maximum atomic E-state index is 3.57. The van der Waals surface area contributed by atoms with Crippen molar-refractivity contribution in [2.45, 2.75) is 0 Å². The van der Waals surface area contributed by atoms with Gasteiger partial charge in [-0.1, -0.05) is 0 Å². The van der Waals surface area contributed by atoms with E-state index in [-0.39, 0.29) is 19.5 Å². The molecule has 0 aliphatic carbocycles. The number of rotatable bonds is 2. The molecule has 0 nitrogen and oxygen atoms in total. The summed E-state index contributed by atoms with van der Waals surface area (Å²) in [5.41, 5.74) is 0. The van der Waals surface area contributed by atoms with E-state index in [0.29, 0.717) is 0 Å². The molecule has 9 heavy (non-hydrogen) atoms. The molecule has 0 spiro atoms. The number of hydrogen-bond donors (Lipinski definition) is 0. The van der Waals surface area contributed by atoms with Gasteiger partial charge in [-0.2, -0.15) is 23.5 Å². The molecule has 3 heteroatoms. The first kappa shape index (κ1) is 16.7. The molecule has 0 amide bonds. The third kappa shape index (κ3) is 45.3. The normalized spacial score (nSPS) is 6.67. The van der Waals surface area contributed by atoms with E-state index < -0.39 is 0 Å². The summed E-state index contributed by atoms with van der Waals surface area (Å²) in [6.45, 7) is 7.13. The van der Waals surface area contributed by atoms with Crippen LogP contribution in [-0.4, -0.2) is 24.0 Å². The Morgan fingerprint density at radius 1 is 1.00 bits per heavy atom. The minimum absolute atomic E-state index is 0. The SMILES string of the molecule is [CH2-]CSC.[CH2-]CSC.[Zn+2]. The molecule has 0 aliphatic rings. The summed E-state index contributed by atoms with van der Waals surface area (Å²) in [6, 6.07) is 0. The monoisotopic (exact) mass is 214 g/mol. The second-order valence-electron chi connectivity index (χ2n) is 0.986. The van der Waals surface area contributed by atoms with E-state index in [9.17, 15) is 0 Å². The van der Waals surface area contributed by atoms with Crippen molar-refractivity contribution in [3.8, 4) is 0 Å². The van der Waals surface area contributed by atoms with Crippen LogP contribution in [0.15, 0.2) is 0 Å². The third-order valence-electron chi connectivity index (χ3n) is 0.408. The van der Waals surface area contributed by atoms with Gasteiger partial charge in [0.2, 0.25) is 0 Å². The van der Waals surface area contributed by atoms with Gasteiger partial charge in [0.15, 0.2) is 0 Å². The average molecular weight is 216 g/mol. The summed E-state index contributed by atoms with van der Waals surface area (Å²) in [7, 11) is 0. The Morgan fingerprint density at radius 2 is 1.11 bits per heavy atom. The first-order valence-electron chi connectivity index (χ1n) is 2.39. The Hall–Kier alpha value is 1.32. The van der Waals surface area contributed by atoms with E-state index in [1.165, 1.54) is 0 Å². The van der Waals surface area contributed by atoms with Crippen molar-refractivity contribution < 1.29 is 19.5 Å². The van der Waals surface area contributed by atoms with Gasteiger partial charge in [0.05, 0.1) is 0 Å². The van der Waals surface area contributed by atoms with Crippen LogP contribution in [0.2, 0.25) is 0 Å². The van der Waals surface area contributed by atoms with Gasteiger partial charge in [0.25, 0.3) is 0 Å². The summed E-state index contributed by atoms with van der Waals surface area (Å²) in [5.74, 6) is 1.97. The van der Waals surface area contributed by atoms with E-state index in [1.54, 1.807) is 23.5 Å². The van der Waals surface area contributed by atoms with Gasteiger partial charge >= 0.3 is 19.5 Å². The molecule has 0 unspecified atom stereocenters. The van der Waals surface area contributed by atoms with Crippen LogP contribution in [0.25, 0.3) is 0 Å². The van der Waals surface area contributed by atoms with Gasteiger partial charge in [0.1, 0.15) is 0 Å². The van der Waals surface area contributed by atoms with E-state index in [0.717, 1.165) is 11.5 Å². The zero-order valence-corrected chi connectivity index (χ0v) is 11.0. The Morgan fingerprint density at radius 3 is 1.11 bits per heavy atom. The molecule has 0 heterocycles. The van der Waals surface area contributed by atoms with Gasteiger partial charge in [-0.15, -0.1) is 11.5 Å². The molecule has 0 radical (unpaired) electrons. The fourth-order valence-electron chi connectivity index (χ4n) is 0. The van der Waals surface area contributed by atoms with Gasteiger partial charge in [-0.05, 0) is 12.5 Å². The summed E-state index contributed by atoms with van der Waals surface area (Å²) in [4.78, 5) is 0. The Bertz CT molecular complexity index is 19.0. The van der Waals surface area contributed by atoms with Crippen LogP contribution in [0.3, 0.4) is 0 Å². The second-order valence-corrected chi connectivity index (χ2v) is 2.96. The van der Waals surface area contributed by atoms with Crippen LogP contribution in [0, 0.1) is 13.8 Å². The van der Waals surface area contributed by atoms with E-state index in [1.807, 2.05) is 12.5 Å². The summed E-state index contributed by atoms with van der Waals surface area (Å²) in [6.07, 6.45) is 4.07. The summed E-state index contributed by atoms with van der Waals surface area (Å²) in [5, 5.41) is 0. The smallest absolute Gasteiger partial charge is 0.334 e. The van der Waals surface area contributed by atoms with Crippen LogP contribution in [0.5, 0.6) is 0 Å². The standard InChI is InChI=1S/2C3H7S.Zn/c2*1-3-4-2;/h2*1,3H2,2H3;/q2*-1;+2. The second kappa shape index (κ2) is 22.8. The Labute approximate surface area is 80.7 Å². The quantitative estimate of drug-likeness (QED) is 0.513. The minimum Gasteiger partial charge on any atom is -0.334 e. The summed E-state index contributed by atoms with van der Waals surface area (Å²) < 4.78 is 0. The minimum atomic E-state index is 0. The topological polar surface area (TPSA) is 0 Å². The summed E-state index contributed by atoms with van der Waals surface area (Å²) >= 11 is 3.49. The van der Waals surface area contributed by atoms with Crippen molar-refractivity contribution in [3.63, 3.8) is 0 Å². The number of hydrogen-bond acceptors (Lipinski definition) is 2. The average Bonchev–Trinajstić information content (AvgIpc) is 1.88. The van der Waals surface area contributed by atoms with E-state index in [2.05, 4.69) is 13.8 Å². The fraction of sp³-hybridized carbons (Fsp3) is 0.667. The fourth-order valence-corrected chi connectivity index (χ4v) is 0. The molecule has 0 atom stereocenters. The first-order chi connectivity index (χ1) is 3.83. The predicted octanol–water partition coefficient (Wildman–Crippen LogP) is 2.36. The largest absolute Gasteiger partial charge is 2.00 e. The molecule has 0 rings (SSSR count). The molecule has 0 bridgehead atoms. The van der Waals surface area contributed by atoms with Crippen LogP contribution in [-0.2, 0) is 19.5 Å². The predicted molar refractivity (Wildman–Crippen MR) is 47.5 cm³/mol. The van der Waals surface area contributed by atoms with Gasteiger partial charge in [-0.3, -0.25) is 0 Å². The van der Waals surface area contributed by atoms with Crippen molar-refractivity contribution in [2.24, 2.45) is 0 Å². The zero-order valence-electron chi connectivity index (χ0n) is 6.35. The van der Waals surface area contributed by atoms with Gasteiger partial charge in [0, 0.05) is 0 Å². The first-order valence-corrected chi connectivity index (χ1v) is 5.18. The third-order valence-corrected chi connectivity index (χ3v) is 1.22. The maximum Gasteiger partial charge on any atom is 2.00 e. The maximum absolute atomic E-state index is 3.57. The van der Waals surface area contributed by atoms with Gasteiger partial charge < -0.3 is 13.8 Å². The molecule has 0 fully saturated rings. The zero-order chi connectivity index (χ0) is 6.83. The molecule has 0 saturated heterocycles. The van der Waals surface area contributed by atoms with E-state index >= 15 is 0 Å². The molecule has 0 saturated carbocycles. The van der Waals surface area contributed by atoms with Gasteiger partial charge in [-0.25, -0.2) is 0 Å². The number of thioether (sulfide) groups is 2. The Balaban J connectivity index is -0.0000000720. The molecular formula is C6H14S2Zn. The van der Waals surface area contributed by atoms with Crippen molar-refractivity contribution in [2.75, 3.05) is 24.0 Å². The Kier molecular flexibility index (Phi) is 42.4. The molecule has 0 aromatic carbocycles. The van der Waals surface area contributed by atoms with Crippen LogP contribution in [0.1, 0.15) is 0 Å². The molecule has 52 valence electrons. The van der Waals surface area contributed by atoms with Crippen molar-refractivity contribution in [1.82, 2.24) is 0 Å². The van der Waals surface area contributed by atoms with Crippen molar-refractivity contribution in [1.29, 1.82) is 0 Å². The molecule has 0 aromatic rings. The van der Waals surface area contributed by atoms with Crippen LogP contribution < -0.4 is 0 Å². The molecular weight excluding hydrogens is 202 g/mol. The van der Waals surface area contributed by atoms with Crippen LogP contribution in [0.4, 0.5) is 0 Å². The van der Waals surface area contributed by atoms with E-state index in [4.69, 9.17) is 0 Å². The molecule has 0 aromatic heterocycles. The molecule has 0 N–H and O–H groups in total. The van der Waals surface area contributed by atoms with Crippen molar-refractivity contribution in [3.05, 3.63) is 13.8 Å². The van der Waals surface area contributed by atoms with Crippen molar-refractivity contribution >= 4 is 23.5 Å².